The molecule has 0 saturated heterocycles. The summed E-state index contributed by atoms with van der Waals surface area (Å²) < 4.78 is 6.32. The van der Waals surface area contributed by atoms with Crippen molar-refractivity contribution in [3.05, 3.63) is 129 Å². The molecule has 192 valence electrons. The van der Waals surface area contributed by atoms with E-state index in [1.807, 2.05) is 88.8 Å². The summed E-state index contributed by atoms with van der Waals surface area (Å²) in [7, 11) is 0. The number of nitrogens with zero attached hydrogens (tertiary/aromatic N) is 3. The van der Waals surface area contributed by atoms with E-state index in [2.05, 4.69) is 0 Å². The van der Waals surface area contributed by atoms with Crippen molar-refractivity contribution < 1.29 is 9.53 Å². The average molecular weight is 565 g/mol. The number of halogens is 3. The highest BCUT2D eigenvalue weighted by molar-refractivity contribution is 6.38. The molecule has 4 aromatic carbocycles. The molecule has 4 aromatic rings. The van der Waals surface area contributed by atoms with Crippen LogP contribution >= 0.6 is 34.8 Å². The third-order valence-corrected chi connectivity index (χ3v) is 7.05. The largest absolute Gasteiger partial charge is 0.488 e. The monoisotopic (exact) mass is 563 g/mol. The maximum Gasteiger partial charge on any atom is 0.196 e. The molecule has 5 rings (SSSR count). The van der Waals surface area contributed by atoms with E-state index in [4.69, 9.17) is 44.6 Å². The number of ether oxygens (including phenoxy) is 1. The number of ketones is 1. The second-order valence-corrected chi connectivity index (χ2v) is 10.1. The van der Waals surface area contributed by atoms with E-state index in [0.29, 0.717) is 33.2 Å². The first kappa shape index (κ1) is 26.1. The zero-order chi connectivity index (χ0) is 26.6. The van der Waals surface area contributed by atoms with E-state index in [0.717, 1.165) is 22.4 Å². The third-order valence-electron chi connectivity index (χ3n) is 6.19. The Morgan fingerprint density at radius 2 is 1.55 bits per heavy atom. The topological polar surface area (TPSA) is 45.1 Å². The number of Topliss-reactive ketones (excluding diaryl/α,β-unsaturated/α-hetero) is 1. The van der Waals surface area contributed by atoms with Gasteiger partial charge in [-0.25, -0.2) is 5.01 Å². The van der Waals surface area contributed by atoms with Crippen LogP contribution in [0, 0.1) is 0 Å². The van der Waals surface area contributed by atoms with Crippen molar-refractivity contribution in [3.8, 4) is 5.75 Å². The van der Waals surface area contributed by atoms with Crippen LogP contribution in [-0.4, -0.2) is 16.5 Å². The third kappa shape index (κ3) is 5.65. The van der Waals surface area contributed by atoms with Crippen molar-refractivity contribution in [1.82, 2.24) is 4.90 Å². The Morgan fingerprint density at radius 1 is 0.868 bits per heavy atom. The van der Waals surface area contributed by atoms with Crippen molar-refractivity contribution in [2.75, 3.05) is 5.01 Å². The standard InChI is InChI=1S/C30H24Cl3N3O2/c1-20(37)29-34-36(25-14-11-23(31)12-15-25)30(35(29)18-21-7-3-2-4-8-21)26-17-24(32)13-16-28(26)38-19-22-9-5-6-10-27(22)33/h2-17,30H,18-19H2,1H3/t30-/m1/s1. The van der Waals surface area contributed by atoms with Gasteiger partial charge in [-0.1, -0.05) is 83.3 Å². The zero-order valence-corrected chi connectivity index (χ0v) is 22.8. The molecule has 0 aliphatic carbocycles. The molecule has 38 heavy (non-hydrogen) atoms. The molecule has 1 aliphatic rings. The summed E-state index contributed by atoms with van der Waals surface area (Å²) in [6.07, 6.45) is -0.518. The van der Waals surface area contributed by atoms with Gasteiger partial charge in [-0.3, -0.25) is 4.79 Å². The van der Waals surface area contributed by atoms with Gasteiger partial charge in [0.25, 0.3) is 0 Å². The van der Waals surface area contributed by atoms with Gasteiger partial charge in [-0.15, -0.1) is 5.10 Å². The lowest BCUT2D eigenvalue weighted by atomic mass is 10.1. The van der Waals surface area contributed by atoms with Gasteiger partial charge in [0.1, 0.15) is 12.4 Å². The number of benzene rings is 4. The number of rotatable bonds is 8. The fourth-order valence-corrected chi connectivity index (χ4v) is 4.89. The number of hydrazone groups is 1. The smallest absolute Gasteiger partial charge is 0.196 e. The number of hydrogen-bond donors (Lipinski definition) is 0. The highest BCUT2D eigenvalue weighted by Gasteiger charge is 2.39. The molecule has 0 spiro atoms. The van der Waals surface area contributed by atoms with Crippen LogP contribution in [0.5, 0.6) is 5.75 Å². The Balaban J connectivity index is 1.61. The Bertz CT molecular complexity index is 1480. The predicted octanol–water partition coefficient (Wildman–Crippen LogP) is 8.15. The van der Waals surface area contributed by atoms with E-state index in [1.54, 1.807) is 18.2 Å². The molecular formula is C30H24Cl3N3O2. The lowest BCUT2D eigenvalue weighted by Gasteiger charge is -2.33. The SMILES string of the molecule is CC(=O)C1=NN(c2ccc(Cl)cc2)[C@H](c2cc(Cl)ccc2OCc2ccccc2Cl)N1Cc1ccccc1. The quantitative estimate of drug-likeness (QED) is 0.217. The highest BCUT2D eigenvalue weighted by atomic mass is 35.5. The minimum absolute atomic E-state index is 0.150. The van der Waals surface area contributed by atoms with Gasteiger partial charge in [0.15, 0.2) is 17.8 Å². The molecular weight excluding hydrogens is 541 g/mol. The molecule has 0 aromatic heterocycles. The van der Waals surface area contributed by atoms with Crippen molar-refractivity contribution in [3.63, 3.8) is 0 Å². The summed E-state index contributed by atoms with van der Waals surface area (Å²) in [6, 6.07) is 30.3. The molecule has 1 heterocycles. The number of carbonyl (C=O) groups excluding carboxylic acids is 1. The summed E-state index contributed by atoms with van der Waals surface area (Å²) in [5, 5.41) is 8.37. The molecule has 5 nitrogen and oxygen atoms in total. The van der Waals surface area contributed by atoms with Crippen molar-refractivity contribution in [2.24, 2.45) is 5.10 Å². The predicted molar refractivity (Wildman–Crippen MR) is 154 cm³/mol. The van der Waals surface area contributed by atoms with Gasteiger partial charge in [-0.2, -0.15) is 0 Å². The summed E-state index contributed by atoms with van der Waals surface area (Å²) >= 11 is 19.1. The van der Waals surface area contributed by atoms with Crippen LogP contribution in [-0.2, 0) is 17.9 Å². The zero-order valence-electron chi connectivity index (χ0n) is 20.5. The summed E-state index contributed by atoms with van der Waals surface area (Å²) in [6.45, 7) is 2.23. The molecule has 0 unspecified atom stereocenters. The lowest BCUT2D eigenvalue weighted by molar-refractivity contribution is -0.111. The van der Waals surface area contributed by atoms with Crippen molar-refractivity contribution in [1.29, 1.82) is 0 Å². The van der Waals surface area contributed by atoms with Crippen LogP contribution in [0.4, 0.5) is 5.69 Å². The normalized spacial score (nSPS) is 14.9. The molecule has 1 aliphatic heterocycles. The lowest BCUT2D eigenvalue weighted by Crippen LogP contribution is -2.37. The molecule has 0 bridgehead atoms. The highest BCUT2D eigenvalue weighted by Crippen LogP contribution is 2.42. The average Bonchev–Trinajstić information content (AvgIpc) is 3.29. The first-order chi connectivity index (χ1) is 18.4. The fourth-order valence-electron chi connectivity index (χ4n) is 4.39. The molecule has 0 fully saturated rings. The number of carbonyl (C=O) groups is 1. The fraction of sp³-hybridized carbons (Fsp3) is 0.133. The van der Waals surface area contributed by atoms with Crippen LogP contribution in [0.15, 0.2) is 102 Å². The first-order valence-corrected chi connectivity index (χ1v) is 13.1. The minimum atomic E-state index is -0.518. The number of hydrogen-bond acceptors (Lipinski definition) is 5. The summed E-state index contributed by atoms with van der Waals surface area (Å²) in [5.74, 6) is 0.796. The molecule has 0 N–H and O–H groups in total. The number of amidine groups is 1. The number of anilines is 1. The van der Waals surface area contributed by atoms with Gasteiger partial charge in [0, 0.05) is 39.7 Å². The van der Waals surface area contributed by atoms with Crippen LogP contribution in [0.3, 0.4) is 0 Å². The van der Waals surface area contributed by atoms with Crippen LogP contribution in [0.1, 0.15) is 29.8 Å². The van der Waals surface area contributed by atoms with E-state index in [-0.39, 0.29) is 12.4 Å². The molecule has 8 heteroatoms. The van der Waals surface area contributed by atoms with Crippen molar-refractivity contribution in [2.45, 2.75) is 26.2 Å². The molecule has 0 saturated carbocycles. The van der Waals surface area contributed by atoms with E-state index >= 15 is 0 Å². The van der Waals surface area contributed by atoms with Gasteiger partial charge in [0.05, 0.1) is 5.69 Å². The van der Waals surface area contributed by atoms with Gasteiger partial charge in [0.2, 0.25) is 0 Å². The maximum atomic E-state index is 12.9. The Morgan fingerprint density at radius 3 is 2.26 bits per heavy atom. The summed E-state index contributed by atoms with van der Waals surface area (Å²) in [4.78, 5) is 14.8. The second kappa shape index (κ2) is 11.5. The Hall–Kier alpha value is -3.51. The van der Waals surface area contributed by atoms with Gasteiger partial charge >= 0.3 is 0 Å². The van der Waals surface area contributed by atoms with Crippen LogP contribution in [0.2, 0.25) is 15.1 Å². The van der Waals surface area contributed by atoms with Crippen LogP contribution in [0.25, 0.3) is 0 Å². The Labute approximate surface area is 236 Å². The molecule has 0 radical (unpaired) electrons. The van der Waals surface area contributed by atoms with E-state index in [9.17, 15) is 4.79 Å². The van der Waals surface area contributed by atoms with E-state index in [1.165, 1.54) is 6.92 Å². The second-order valence-electron chi connectivity index (χ2n) is 8.85. The molecule has 0 amide bonds. The van der Waals surface area contributed by atoms with E-state index < -0.39 is 6.17 Å². The van der Waals surface area contributed by atoms with Gasteiger partial charge in [-0.05, 0) is 54.1 Å². The van der Waals surface area contributed by atoms with Crippen molar-refractivity contribution >= 4 is 52.1 Å². The van der Waals surface area contributed by atoms with Gasteiger partial charge < -0.3 is 9.64 Å². The van der Waals surface area contributed by atoms with Crippen LogP contribution < -0.4 is 9.75 Å². The minimum Gasteiger partial charge on any atom is -0.488 e. The maximum absolute atomic E-state index is 12.9. The molecule has 1 atom stereocenters. The first-order valence-electron chi connectivity index (χ1n) is 12.0. The Kier molecular flexibility index (Phi) is 7.89. The summed E-state index contributed by atoms with van der Waals surface area (Å²) in [5.41, 5.74) is 3.42.